The molecule has 4 rings (SSSR count). The molecule has 0 spiro atoms. The van der Waals surface area contributed by atoms with E-state index in [9.17, 15) is 4.79 Å². The maximum Gasteiger partial charge on any atom is 0.254 e. The molecule has 3 heterocycles. The Labute approximate surface area is 178 Å². The molecule has 2 aliphatic heterocycles. The lowest BCUT2D eigenvalue weighted by Gasteiger charge is -2.27. The molecule has 0 N–H and O–H groups in total. The van der Waals surface area contributed by atoms with E-state index in [0.717, 1.165) is 35.2 Å². The van der Waals surface area contributed by atoms with Crippen LogP contribution < -0.4 is 10.3 Å². The number of aromatic nitrogens is 1. The van der Waals surface area contributed by atoms with Crippen LogP contribution in [0, 0.1) is 17.8 Å². The third kappa shape index (κ3) is 4.30. The van der Waals surface area contributed by atoms with E-state index in [2.05, 4.69) is 50.8 Å². The number of nitrogens with zero attached hydrogens (tertiary/aromatic N) is 1. The first kappa shape index (κ1) is 20.7. The monoisotopic (exact) mass is 407 g/mol. The van der Waals surface area contributed by atoms with Gasteiger partial charge in [-0.2, -0.15) is 0 Å². The molecule has 1 atom stereocenters. The zero-order valence-corrected chi connectivity index (χ0v) is 18.0. The van der Waals surface area contributed by atoms with Gasteiger partial charge in [0.25, 0.3) is 5.56 Å². The van der Waals surface area contributed by atoms with Gasteiger partial charge >= 0.3 is 0 Å². The molecule has 5 heteroatoms. The summed E-state index contributed by atoms with van der Waals surface area (Å²) >= 11 is 0. The lowest BCUT2D eigenvalue weighted by molar-refractivity contribution is -0.101. The number of hydrogen-bond acceptors (Lipinski definition) is 4. The number of aryl methyl sites for hydroxylation is 1. The van der Waals surface area contributed by atoms with Crippen molar-refractivity contribution in [2.24, 2.45) is 5.92 Å². The van der Waals surface area contributed by atoms with Gasteiger partial charge in [-0.25, -0.2) is 0 Å². The zero-order chi connectivity index (χ0) is 21.1. The predicted octanol–water partition coefficient (Wildman–Crippen LogP) is 3.44. The minimum absolute atomic E-state index is 0.0210. The van der Waals surface area contributed by atoms with Gasteiger partial charge < -0.3 is 18.8 Å². The Hall–Kier alpha value is -2.55. The largest absolute Gasteiger partial charge is 0.490 e. The van der Waals surface area contributed by atoms with Crippen LogP contribution in [0.25, 0.3) is 11.3 Å². The zero-order valence-electron chi connectivity index (χ0n) is 18.0. The average Bonchev–Trinajstić information content (AvgIpc) is 2.76. The van der Waals surface area contributed by atoms with E-state index in [1.165, 1.54) is 5.56 Å². The van der Waals surface area contributed by atoms with E-state index in [0.29, 0.717) is 44.6 Å². The summed E-state index contributed by atoms with van der Waals surface area (Å²) < 4.78 is 19.1. The van der Waals surface area contributed by atoms with Crippen LogP contribution in [0.1, 0.15) is 37.5 Å². The first-order valence-corrected chi connectivity index (χ1v) is 10.8. The van der Waals surface area contributed by atoms with Crippen LogP contribution in [0.3, 0.4) is 0 Å². The molecule has 158 valence electrons. The summed E-state index contributed by atoms with van der Waals surface area (Å²) in [5.74, 6) is 7.48. The van der Waals surface area contributed by atoms with Gasteiger partial charge in [0.15, 0.2) is 0 Å². The number of rotatable bonds is 4. The molecule has 0 aliphatic carbocycles. The number of fused-ring (bicyclic) bond motifs is 3. The highest BCUT2D eigenvalue weighted by atomic mass is 16.6. The van der Waals surface area contributed by atoms with Crippen molar-refractivity contribution in [1.29, 1.82) is 0 Å². The highest BCUT2D eigenvalue weighted by Gasteiger charge is 2.24. The minimum Gasteiger partial charge on any atom is -0.490 e. The van der Waals surface area contributed by atoms with Gasteiger partial charge in [0.1, 0.15) is 18.5 Å². The highest BCUT2D eigenvalue weighted by molar-refractivity contribution is 5.72. The van der Waals surface area contributed by atoms with E-state index in [-0.39, 0.29) is 11.7 Å². The average molecular weight is 408 g/mol. The Morgan fingerprint density at radius 3 is 2.87 bits per heavy atom. The standard InChI is InChI=1S/C25H29NO4/c1-4-21-23(30-16-20-15-28-11-12-29-20)14-24(27)26-10-9-19-13-18(6-5-17(2)3)7-8-22(19)25(21)26/h7-8,13-14,17,20H,4,9-12,15-16H2,1-3H3/t20-/m0/s1. The first-order chi connectivity index (χ1) is 14.6. The predicted molar refractivity (Wildman–Crippen MR) is 117 cm³/mol. The highest BCUT2D eigenvalue weighted by Crippen LogP contribution is 2.35. The minimum atomic E-state index is -0.100. The van der Waals surface area contributed by atoms with Gasteiger partial charge in [0.2, 0.25) is 0 Å². The lowest BCUT2D eigenvalue weighted by Crippen LogP contribution is -2.34. The second-order valence-electron chi connectivity index (χ2n) is 8.10. The maximum atomic E-state index is 12.9. The van der Waals surface area contributed by atoms with E-state index < -0.39 is 0 Å². The van der Waals surface area contributed by atoms with Crippen molar-refractivity contribution in [2.75, 3.05) is 26.4 Å². The number of ether oxygens (including phenoxy) is 3. The van der Waals surface area contributed by atoms with Crippen molar-refractivity contribution in [1.82, 2.24) is 4.57 Å². The van der Waals surface area contributed by atoms with Crippen LogP contribution >= 0.6 is 0 Å². The van der Waals surface area contributed by atoms with Crippen LogP contribution in [0.5, 0.6) is 5.75 Å². The number of pyridine rings is 1. The van der Waals surface area contributed by atoms with Gasteiger partial charge in [0, 0.05) is 35.2 Å². The van der Waals surface area contributed by atoms with Crippen molar-refractivity contribution in [2.45, 2.75) is 46.3 Å². The SMILES string of the molecule is CCc1c(OC[C@@H]2COCCO2)cc(=O)n2c1-c1ccc(C#CC(C)C)cc1CC2. The molecule has 0 unspecified atom stereocenters. The normalized spacial score (nSPS) is 17.7. The summed E-state index contributed by atoms with van der Waals surface area (Å²) in [6, 6.07) is 7.94. The molecular formula is C25H29NO4. The molecular weight excluding hydrogens is 378 g/mol. The third-order valence-electron chi connectivity index (χ3n) is 5.51. The molecule has 0 radical (unpaired) electrons. The molecule has 0 amide bonds. The summed E-state index contributed by atoms with van der Waals surface area (Å²) in [5.41, 5.74) is 5.39. The second kappa shape index (κ2) is 9.07. The van der Waals surface area contributed by atoms with Crippen LogP contribution in [0.4, 0.5) is 0 Å². The van der Waals surface area contributed by atoms with Crippen molar-refractivity contribution >= 4 is 0 Å². The molecule has 2 aliphatic rings. The Bertz CT molecular complexity index is 1040. The van der Waals surface area contributed by atoms with Crippen LogP contribution in [0.15, 0.2) is 29.1 Å². The van der Waals surface area contributed by atoms with Gasteiger partial charge in [0.05, 0.1) is 25.5 Å². The van der Waals surface area contributed by atoms with Gasteiger partial charge in [-0.05, 0) is 30.5 Å². The van der Waals surface area contributed by atoms with E-state index in [4.69, 9.17) is 14.2 Å². The van der Waals surface area contributed by atoms with Gasteiger partial charge in [-0.1, -0.05) is 38.7 Å². The van der Waals surface area contributed by atoms with Crippen molar-refractivity contribution in [3.05, 3.63) is 51.3 Å². The van der Waals surface area contributed by atoms with Gasteiger partial charge in [-0.3, -0.25) is 4.79 Å². The Kier molecular flexibility index (Phi) is 6.26. The molecule has 1 aromatic carbocycles. The molecule has 1 fully saturated rings. The third-order valence-corrected chi connectivity index (χ3v) is 5.51. The van der Waals surface area contributed by atoms with E-state index >= 15 is 0 Å². The first-order valence-electron chi connectivity index (χ1n) is 10.8. The summed E-state index contributed by atoms with van der Waals surface area (Å²) in [5, 5.41) is 0. The molecule has 0 saturated carbocycles. The van der Waals surface area contributed by atoms with E-state index in [1.54, 1.807) is 6.07 Å². The second-order valence-corrected chi connectivity index (χ2v) is 8.10. The molecule has 0 bridgehead atoms. The van der Waals surface area contributed by atoms with Crippen LogP contribution in [-0.4, -0.2) is 37.1 Å². The summed E-state index contributed by atoms with van der Waals surface area (Å²) in [6.45, 7) is 9.07. The number of hydrogen-bond donors (Lipinski definition) is 0. The maximum absolute atomic E-state index is 12.9. The van der Waals surface area contributed by atoms with Gasteiger partial charge in [-0.15, -0.1) is 0 Å². The Morgan fingerprint density at radius 1 is 1.27 bits per heavy atom. The van der Waals surface area contributed by atoms with E-state index in [1.807, 2.05) is 4.57 Å². The molecule has 2 aromatic rings. The molecule has 5 nitrogen and oxygen atoms in total. The fourth-order valence-corrected chi connectivity index (χ4v) is 4.05. The Balaban J connectivity index is 1.70. The van der Waals surface area contributed by atoms with Crippen molar-refractivity contribution < 1.29 is 14.2 Å². The van der Waals surface area contributed by atoms with Crippen LogP contribution in [-0.2, 0) is 28.9 Å². The van der Waals surface area contributed by atoms with Crippen molar-refractivity contribution in [3.63, 3.8) is 0 Å². The summed E-state index contributed by atoms with van der Waals surface area (Å²) in [4.78, 5) is 12.9. The Morgan fingerprint density at radius 2 is 2.13 bits per heavy atom. The van der Waals surface area contributed by atoms with Crippen LogP contribution in [0.2, 0.25) is 0 Å². The van der Waals surface area contributed by atoms with Crippen molar-refractivity contribution in [3.8, 4) is 28.8 Å². The number of benzene rings is 1. The fourth-order valence-electron chi connectivity index (χ4n) is 4.05. The molecule has 1 saturated heterocycles. The summed E-state index contributed by atoms with van der Waals surface area (Å²) in [6.07, 6.45) is 1.51. The smallest absolute Gasteiger partial charge is 0.254 e. The lowest BCUT2D eigenvalue weighted by atomic mass is 9.91. The molecule has 1 aromatic heterocycles. The topological polar surface area (TPSA) is 49.7 Å². The molecule has 30 heavy (non-hydrogen) atoms. The fraction of sp³-hybridized carbons (Fsp3) is 0.480. The summed E-state index contributed by atoms with van der Waals surface area (Å²) in [7, 11) is 0. The quantitative estimate of drug-likeness (QED) is 0.729.